The smallest absolute Gasteiger partial charge is 0.407 e. The van der Waals surface area contributed by atoms with E-state index in [4.69, 9.17) is 29.9 Å². The first-order valence-corrected chi connectivity index (χ1v) is 22.4. The van der Waals surface area contributed by atoms with E-state index in [-0.39, 0.29) is 36.9 Å². The number of nitrogens with zero attached hydrogens (tertiary/aromatic N) is 5. The number of carbonyl (C=O) groups excluding carboxylic acids is 1. The molecule has 0 saturated carbocycles. The quantitative estimate of drug-likeness (QED) is 0.0704. The molecule has 7 N–H and O–H groups in total. The number of hydrogen-bond acceptors (Lipinski definition) is 11. The van der Waals surface area contributed by atoms with Gasteiger partial charge in [0.15, 0.2) is 0 Å². The number of hydrogen-bond donors (Lipinski definition) is 6. The fourth-order valence-electron chi connectivity index (χ4n) is 9.99. The molecule has 2 saturated heterocycles. The molecule has 340 valence electrons. The van der Waals surface area contributed by atoms with Gasteiger partial charge in [0.05, 0.1) is 67.3 Å². The van der Waals surface area contributed by atoms with Gasteiger partial charge in [-0.3, -0.25) is 9.80 Å². The van der Waals surface area contributed by atoms with E-state index >= 15 is 4.39 Å². The Morgan fingerprint density at radius 2 is 1.72 bits per heavy atom. The topological polar surface area (TPSA) is 192 Å². The molecule has 1 amide bonds. The average molecular weight is 878 g/mol. The first-order chi connectivity index (χ1) is 30.8. The van der Waals surface area contributed by atoms with Gasteiger partial charge in [-0.1, -0.05) is 45.9 Å². The fourth-order valence-corrected chi connectivity index (χ4v) is 9.99. The van der Waals surface area contributed by atoms with Crippen molar-refractivity contribution < 1.29 is 33.6 Å². The maximum absolute atomic E-state index is 15.1. The summed E-state index contributed by atoms with van der Waals surface area (Å²) < 4.78 is 34.8. The lowest BCUT2D eigenvalue weighted by Gasteiger charge is -2.35. The van der Waals surface area contributed by atoms with Crippen molar-refractivity contribution in [2.45, 2.75) is 109 Å². The predicted octanol–water partition coefficient (Wildman–Crippen LogP) is 7.15. The first kappa shape index (κ1) is 43.7. The maximum Gasteiger partial charge on any atom is 0.407 e. The Kier molecular flexibility index (Phi) is 12.2. The number of methoxy groups -OCH3 is 2. The number of aliphatic hydroxyl groups excluding tert-OH is 2. The number of H-pyrrole nitrogens is 2. The molecule has 0 bridgehead atoms. The zero-order valence-corrected chi connectivity index (χ0v) is 37.3. The normalized spacial score (nSPS) is 23.5. The van der Waals surface area contributed by atoms with Gasteiger partial charge < -0.3 is 50.0 Å². The number of nitrogens with two attached hydrogens (primary N) is 1. The van der Waals surface area contributed by atoms with Crippen molar-refractivity contribution in [3.05, 3.63) is 101 Å². The molecule has 2 fully saturated rings. The van der Waals surface area contributed by atoms with Crippen molar-refractivity contribution in [1.29, 1.82) is 0 Å². The van der Waals surface area contributed by atoms with Gasteiger partial charge in [-0.2, -0.15) is 0 Å². The molecule has 3 aliphatic heterocycles. The summed E-state index contributed by atoms with van der Waals surface area (Å²) in [5, 5.41) is 26.4. The van der Waals surface area contributed by atoms with Crippen LogP contribution in [0, 0.1) is 11.8 Å². The van der Waals surface area contributed by atoms with Crippen LogP contribution in [0.4, 0.5) is 9.18 Å². The average Bonchev–Trinajstić information content (AvgIpc) is 4.16. The van der Waals surface area contributed by atoms with Crippen LogP contribution in [0.1, 0.15) is 107 Å². The fraction of sp³-hybridized carbons (Fsp3) is 0.479. The lowest BCUT2D eigenvalue weighted by atomic mass is 9.92. The highest BCUT2D eigenvalue weighted by molar-refractivity contribution is 5.91. The summed E-state index contributed by atoms with van der Waals surface area (Å²) in [6.45, 7) is 8.60. The highest BCUT2D eigenvalue weighted by Crippen LogP contribution is 2.47. The molecule has 6 heterocycles. The van der Waals surface area contributed by atoms with Gasteiger partial charge in [0.1, 0.15) is 41.8 Å². The Bertz CT molecular complexity index is 2560. The van der Waals surface area contributed by atoms with Crippen molar-refractivity contribution >= 4 is 28.1 Å². The van der Waals surface area contributed by atoms with Gasteiger partial charge >= 0.3 is 6.09 Å². The molecule has 9 rings (SSSR count). The summed E-state index contributed by atoms with van der Waals surface area (Å²) in [7, 11) is 2.93. The summed E-state index contributed by atoms with van der Waals surface area (Å²) in [5.41, 5.74) is 14.2. The number of benzene rings is 2. The molecule has 1 aliphatic carbocycles. The molecular weight excluding hydrogens is 818 g/mol. The number of fused-ring (bicyclic) bond motifs is 4. The number of carbonyl (C=O) groups is 1. The minimum atomic E-state index is -1.18. The highest BCUT2D eigenvalue weighted by atomic mass is 19.1. The largest absolute Gasteiger partial charge is 0.497 e. The van der Waals surface area contributed by atoms with E-state index in [1.165, 1.54) is 7.11 Å². The van der Waals surface area contributed by atoms with E-state index < -0.39 is 43.0 Å². The van der Waals surface area contributed by atoms with Crippen LogP contribution in [0.3, 0.4) is 0 Å². The van der Waals surface area contributed by atoms with Crippen LogP contribution >= 0.6 is 0 Å². The first-order valence-electron chi connectivity index (χ1n) is 22.4. The molecule has 3 aromatic heterocycles. The predicted molar refractivity (Wildman–Crippen MR) is 241 cm³/mol. The molecule has 15 nitrogen and oxygen atoms in total. The number of nitrogens with one attached hydrogen (secondary N) is 3. The number of halogens is 1. The van der Waals surface area contributed by atoms with Crippen LogP contribution in [0.25, 0.3) is 33.3 Å². The highest BCUT2D eigenvalue weighted by Gasteiger charge is 2.43. The molecule has 0 spiro atoms. The second-order valence-electron chi connectivity index (χ2n) is 18.3. The third kappa shape index (κ3) is 8.10. The number of alkyl carbamates (subject to hydrolysis) is 1. The number of alkyl halides is 1. The van der Waals surface area contributed by atoms with E-state index in [2.05, 4.69) is 55.1 Å². The lowest BCUT2D eigenvalue weighted by molar-refractivity contribution is -0.0457. The van der Waals surface area contributed by atoms with E-state index in [9.17, 15) is 15.0 Å². The Balaban J connectivity index is 1.03. The molecule has 8 atom stereocenters. The van der Waals surface area contributed by atoms with Gasteiger partial charge in [0, 0.05) is 47.6 Å². The standard InChI is InChI=1S/C48H60FN9O6/c1-25(2)41(50)45(59)56-16-8-11-37(56)43-51-23-35(53-43)28-12-14-33-38-19-30-17-27(13-15-36(30)58(38)47(64-40(33)20-28)29-9-7-10-32(18-29)62-5)34-22-52-44(54-34)39-21-31(49)24-57(39)46(60)42(26(3)4)55-48(61)63-6/h7,9-10,13,15,17-20,22-23,25-26,31,37,39,41-42,45-47,59-60H,8,11-12,14,16,21,24,50H2,1-6H3,(H,51,53)(H,52,54)(H,55,61). The van der Waals surface area contributed by atoms with Crippen molar-refractivity contribution in [1.82, 2.24) is 39.6 Å². The van der Waals surface area contributed by atoms with Gasteiger partial charge in [-0.15, -0.1) is 0 Å². The SMILES string of the molecule is COC(=O)NC(C(C)C)C(O)N1CC(F)CC1c1ncc(-c2ccc3c(c2)cc2n3C(c3cccc(OC)c3)OC3=C2CCC(c2cnc(C4CCCN4C(O)C(N)C(C)C)[nH]2)=C3)[nH]1. The molecule has 5 aromatic rings. The van der Waals surface area contributed by atoms with Crippen molar-refractivity contribution in [3.63, 3.8) is 0 Å². The molecule has 8 unspecified atom stereocenters. The van der Waals surface area contributed by atoms with Gasteiger partial charge in [-0.05, 0) is 79.5 Å². The number of imidazole rings is 2. The Labute approximate surface area is 372 Å². The summed E-state index contributed by atoms with van der Waals surface area (Å²) in [5.74, 6) is 2.90. The molecule has 0 radical (unpaired) electrons. The minimum absolute atomic E-state index is 0.00251. The Morgan fingerprint density at radius 3 is 2.47 bits per heavy atom. The second kappa shape index (κ2) is 17.8. The van der Waals surface area contributed by atoms with Crippen LogP contribution in [0.15, 0.2) is 72.8 Å². The summed E-state index contributed by atoms with van der Waals surface area (Å²) in [6, 6.07) is 14.8. The van der Waals surface area contributed by atoms with Gasteiger partial charge in [0.25, 0.3) is 0 Å². The lowest BCUT2D eigenvalue weighted by Crippen LogP contribution is -2.54. The molecular formula is C48H60FN9O6. The van der Waals surface area contributed by atoms with E-state index in [1.54, 1.807) is 18.2 Å². The Morgan fingerprint density at radius 1 is 0.953 bits per heavy atom. The molecule has 4 aliphatic rings. The van der Waals surface area contributed by atoms with Crippen LogP contribution in [0.2, 0.25) is 0 Å². The van der Waals surface area contributed by atoms with Crippen LogP contribution < -0.4 is 15.8 Å². The van der Waals surface area contributed by atoms with Crippen molar-refractivity contribution in [3.8, 4) is 17.0 Å². The number of rotatable bonds is 13. The van der Waals surface area contributed by atoms with Crippen LogP contribution in [0.5, 0.6) is 5.75 Å². The number of aromatic nitrogens is 5. The van der Waals surface area contributed by atoms with E-state index in [0.29, 0.717) is 5.82 Å². The van der Waals surface area contributed by atoms with Crippen LogP contribution in [-0.4, -0.2) is 109 Å². The monoisotopic (exact) mass is 877 g/mol. The number of amides is 1. The maximum atomic E-state index is 15.1. The molecule has 2 aromatic carbocycles. The summed E-state index contributed by atoms with van der Waals surface area (Å²) in [6.07, 6.45) is 5.06. The Hall–Kier alpha value is -5.52. The van der Waals surface area contributed by atoms with Gasteiger partial charge in [-0.25, -0.2) is 19.2 Å². The second-order valence-corrected chi connectivity index (χ2v) is 18.3. The van der Waals surface area contributed by atoms with E-state index in [1.807, 2.05) is 58.2 Å². The van der Waals surface area contributed by atoms with Crippen LogP contribution in [-0.2, 0) is 9.47 Å². The number of ether oxygens (including phenoxy) is 3. The number of aliphatic hydroxyl groups is 2. The third-order valence-corrected chi connectivity index (χ3v) is 13.6. The summed E-state index contributed by atoms with van der Waals surface area (Å²) in [4.78, 5) is 32.5. The number of likely N-dealkylation sites (tertiary alicyclic amines) is 2. The number of allylic oxidation sites excluding steroid dienone is 3. The third-order valence-electron chi connectivity index (χ3n) is 13.6. The van der Waals surface area contributed by atoms with Crippen molar-refractivity contribution in [2.24, 2.45) is 17.6 Å². The zero-order chi connectivity index (χ0) is 45.0. The molecule has 64 heavy (non-hydrogen) atoms. The van der Waals surface area contributed by atoms with E-state index in [0.717, 1.165) is 99.8 Å². The summed E-state index contributed by atoms with van der Waals surface area (Å²) >= 11 is 0. The number of aromatic amines is 2. The minimum Gasteiger partial charge on any atom is -0.497 e. The van der Waals surface area contributed by atoms with Gasteiger partial charge in [0.2, 0.25) is 6.23 Å². The van der Waals surface area contributed by atoms with Crippen molar-refractivity contribution in [2.75, 3.05) is 27.3 Å². The molecule has 16 heteroatoms. The zero-order valence-electron chi connectivity index (χ0n) is 37.3.